The molecule has 0 aliphatic heterocycles. The zero-order chi connectivity index (χ0) is 24.5. The summed E-state index contributed by atoms with van der Waals surface area (Å²) in [5, 5.41) is 12.8. The van der Waals surface area contributed by atoms with Crippen LogP contribution in [-0.4, -0.2) is 32.7 Å². The van der Waals surface area contributed by atoms with Gasteiger partial charge in [0.1, 0.15) is 11.6 Å². The van der Waals surface area contributed by atoms with E-state index in [1.807, 2.05) is 0 Å². The molecule has 2 aromatic heterocycles. The van der Waals surface area contributed by atoms with E-state index in [1.165, 1.54) is 6.07 Å². The van der Waals surface area contributed by atoms with Gasteiger partial charge in [0, 0.05) is 30.0 Å². The van der Waals surface area contributed by atoms with Crippen LogP contribution in [0.3, 0.4) is 0 Å². The van der Waals surface area contributed by atoms with Gasteiger partial charge in [-0.25, -0.2) is 23.7 Å². The van der Waals surface area contributed by atoms with Gasteiger partial charge in [-0.3, -0.25) is 10.1 Å². The normalized spacial score (nSPS) is 11.2. The van der Waals surface area contributed by atoms with Gasteiger partial charge in [-0.05, 0) is 42.3 Å². The molecule has 0 fully saturated rings. The minimum absolute atomic E-state index is 0.0572. The molecule has 2 amide bonds. The number of hydrogen-bond donors (Lipinski definition) is 4. The van der Waals surface area contributed by atoms with Gasteiger partial charge in [-0.1, -0.05) is 24.3 Å². The second-order valence-corrected chi connectivity index (χ2v) is 7.95. The lowest BCUT2D eigenvalue weighted by atomic mass is 9.98. The number of amides is 2. The number of aromatic nitrogens is 4. The smallest absolute Gasteiger partial charge is 0.321 e. The Balaban J connectivity index is 1.51. The molecule has 3 aromatic carbocycles. The van der Waals surface area contributed by atoms with Crippen molar-refractivity contribution in [3.8, 4) is 11.1 Å². The standard InChI is InChI=1S/C25H20F2N6O2/c1-2-28-25(35)31-24-29-20-8-7-13(10-22(20)30-24)17-9-14(18(26)12-19(17)27)11-21-15-5-3-4-6-16(15)23(34)33-32-21/h3-10,12H,2,11H2,1H3,(H,33,34)(H3,28,29,30,31,35). The maximum Gasteiger partial charge on any atom is 0.321 e. The third-order valence-corrected chi connectivity index (χ3v) is 5.63. The first-order chi connectivity index (χ1) is 16.9. The van der Waals surface area contributed by atoms with Crippen LogP contribution >= 0.6 is 0 Å². The quantitative estimate of drug-likeness (QED) is 0.301. The summed E-state index contributed by atoms with van der Waals surface area (Å²) in [5.74, 6) is -1.18. The number of H-pyrrole nitrogens is 2. The van der Waals surface area contributed by atoms with Crippen LogP contribution in [0.15, 0.2) is 59.4 Å². The highest BCUT2D eigenvalue weighted by atomic mass is 19.1. The van der Waals surface area contributed by atoms with Crippen molar-refractivity contribution >= 4 is 33.8 Å². The number of nitrogens with zero attached hydrogens (tertiary/aromatic N) is 2. The van der Waals surface area contributed by atoms with E-state index < -0.39 is 17.7 Å². The number of imidazole rings is 1. The molecule has 0 atom stereocenters. The van der Waals surface area contributed by atoms with E-state index in [4.69, 9.17) is 0 Å². The van der Waals surface area contributed by atoms with E-state index in [1.54, 1.807) is 49.4 Å². The predicted molar refractivity (Wildman–Crippen MR) is 129 cm³/mol. The Morgan fingerprint density at radius 2 is 1.83 bits per heavy atom. The summed E-state index contributed by atoms with van der Waals surface area (Å²) in [6, 6.07) is 13.8. The molecule has 0 saturated heterocycles. The molecule has 0 spiro atoms. The molecule has 0 saturated carbocycles. The summed E-state index contributed by atoms with van der Waals surface area (Å²) >= 11 is 0. The number of benzene rings is 3. The number of carbonyl (C=O) groups is 1. The molecule has 10 heteroatoms. The zero-order valence-corrected chi connectivity index (χ0v) is 18.6. The van der Waals surface area contributed by atoms with Crippen LogP contribution in [0.1, 0.15) is 18.2 Å². The Bertz CT molecular complexity index is 1640. The van der Waals surface area contributed by atoms with Crippen LogP contribution in [-0.2, 0) is 6.42 Å². The largest absolute Gasteiger partial charge is 0.338 e. The van der Waals surface area contributed by atoms with Crippen molar-refractivity contribution in [1.29, 1.82) is 0 Å². The van der Waals surface area contributed by atoms with Gasteiger partial charge in [0.15, 0.2) is 0 Å². The van der Waals surface area contributed by atoms with Crippen molar-refractivity contribution in [3.63, 3.8) is 0 Å². The number of rotatable bonds is 5. The monoisotopic (exact) mass is 474 g/mol. The Labute approximate surface area is 197 Å². The minimum atomic E-state index is -0.721. The third kappa shape index (κ3) is 4.33. The zero-order valence-electron chi connectivity index (χ0n) is 18.6. The van der Waals surface area contributed by atoms with Crippen LogP contribution < -0.4 is 16.2 Å². The van der Waals surface area contributed by atoms with Gasteiger partial charge >= 0.3 is 6.03 Å². The summed E-state index contributed by atoms with van der Waals surface area (Å²) in [6.45, 7) is 2.26. The Morgan fingerprint density at radius 1 is 1.03 bits per heavy atom. The fourth-order valence-electron chi connectivity index (χ4n) is 3.98. The lowest BCUT2D eigenvalue weighted by Gasteiger charge is -2.10. The number of anilines is 1. The summed E-state index contributed by atoms with van der Waals surface area (Å²) in [4.78, 5) is 31.1. The maximum atomic E-state index is 14.8. The number of fused-ring (bicyclic) bond motifs is 2. The maximum absolute atomic E-state index is 14.8. The van der Waals surface area contributed by atoms with E-state index in [9.17, 15) is 18.4 Å². The average molecular weight is 474 g/mol. The molecule has 35 heavy (non-hydrogen) atoms. The van der Waals surface area contributed by atoms with E-state index >= 15 is 0 Å². The molecule has 0 aliphatic rings. The summed E-state index contributed by atoms with van der Waals surface area (Å²) in [6.07, 6.45) is 0.0572. The molecule has 0 aliphatic carbocycles. The number of nitrogens with one attached hydrogen (secondary N) is 4. The summed E-state index contributed by atoms with van der Waals surface area (Å²) in [7, 11) is 0. The Kier molecular flexibility index (Phi) is 5.69. The van der Waals surface area contributed by atoms with Crippen LogP contribution in [0.4, 0.5) is 19.5 Å². The van der Waals surface area contributed by atoms with Gasteiger partial charge < -0.3 is 10.3 Å². The van der Waals surface area contributed by atoms with E-state index in [0.717, 1.165) is 6.07 Å². The molecule has 0 unspecified atom stereocenters. The van der Waals surface area contributed by atoms with Gasteiger partial charge in [0.05, 0.1) is 22.1 Å². The minimum Gasteiger partial charge on any atom is -0.338 e. The average Bonchev–Trinajstić information content (AvgIpc) is 3.24. The van der Waals surface area contributed by atoms with Crippen LogP contribution in [0.5, 0.6) is 0 Å². The van der Waals surface area contributed by atoms with E-state index in [0.29, 0.717) is 39.6 Å². The topological polar surface area (TPSA) is 116 Å². The van der Waals surface area contributed by atoms with Gasteiger partial charge in [-0.2, -0.15) is 5.10 Å². The molecule has 0 bridgehead atoms. The second-order valence-electron chi connectivity index (χ2n) is 7.95. The lowest BCUT2D eigenvalue weighted by Crippen LogP contribution is -2.28. The molecule has 8 nitrogen and oxygen atoms in total. The molecular formula is C25H20F2N6O2. The first-order valence-corrected chi connectivity index (χ1v) is 10.9. The predicted octanol–water partition coefficient (Wildman–Crippen LogP) is 4.48. The highest BCUT2D eigenvalue weighted by Crippen LogP contribution is 2.30. The van der Waals surface area contributed by atoms with Crippen molar-refractivity contribution in [2.75, 3.05) is 11.9 Å². The van der Waals surface area contributed by atoms with Crippen LogP contribution in [0.2, 0.25) is 0 Å². The third-order valence-electron chi connectivity index (χ3n) is 5.63. The molecule has 5 aromatic rings. The van der Waals surface area contributed by atoms with Crippen LogP contribution in [0, 0.1) is 11.6 Å². The number of hydrogen-bond acceptors (Lipinski definition) is 4. The fraction of sp³-hybridized carbons (Fsp3) is 0.120. The van der Waals surface area contributed by atoms with Crippen molar-refractivity contribution in [1.82, 2.24) is 25.5 Å². The highest BCUT2D eigenvalue weighted by Gasteiger charge is 2.16. The van der Waals surface area contributed by atoms with Gasteiger partial charge in [0.25, 0.3) is 5.56 Å². The van der Waals surface area contributed by atoms with E-state index in [-0.39, 0.29) is 29.1 Å². The molecule has 176 valence electrons. The number of urea groups is 1. The summed E-state index contributed by atoms with van der Waals surface area (Å²) < 4.78 is 29.6. The number of halogens is 2. The van der Waals surface area contributed by atoms with E-state index in [2.05, 4.69) is 30.8 Å². The summed E-state index contributed by atoms with van der Waals surface area (Å²) in [5.41, 5.74) is 2.20. The Morgan fingerprint density at radius 3 is 2.63 bits per heavy atom. The van der Waals surface area contributed by atoms with Crippen molar-refractivity contribution in [2.45, 2.75) is 13.3 Å². The number of aromatic amines is 2. The molecule has 0 radical (unpaired) electrons. The fourth-order valence-corrected chi connectivity index (χ4v) is 3.98. The van der Waals surface area contributed by atoms with Gasteiger partial charge in [-0.15, -0.1) is 0 Å². The first kappa shape index (κ1) is 22.2. The molecule has 5 rings (SSSR count). The number of carbonyl (C=O) groups excluding carboxylic acids is 1. The van der Waals surface area contributed by atoms with Crippen molar-refractivity contribution in [2.24, 2.45) is 0 Å². The lowest BCUT2D eigenvalue weighted by molar-refractivity contribution is 0.252. The Hall–Kier alpha value is -4.60. The molecule has 4 N–H and O–H groups in total. The highest BCUT2D eigenvalue weighted by molar-refractivity contribution is 5.91. The van der Waals surface area contributed by atoms with Gasteiger partial charge in [0.2, 0.25) is 5.95 Å². The van der Waals surface area contributed by atoms with Crippen molar-refractivity contribution in [3.05, 3.63) is 87.8 Å². The first-order valence-electron chi connectivity index (χ1n) is 10.9. The van der Waals surface area contributed by atoms with Crippen molar-refractivity contribution < 1.29 is 13.6 Å². The second kappa shape index (κ2) is 8.98. The molecule has 2 heterocycles. The molecular weight excluding hydrogens is 454 g/mol. The SMILES string of the molecule is CCNC(=O)Nc1nc2cc(-c3cc(Cc4n[nH]c(=O)c5ccccc45)c(F)cc3F)ccc2[nH]1. The van der Waals surface area contributed by atoms with Crippen LogP contribution in [0.25, 0.3) is 32.9 Å².